The Hall–Kier alpha value is -2.04. The van der Waals surface area contributed by atoms with Gasteiger partial charge in [0.15, 0.2) is 0 Å². The van der Waals surface area contributed by atoms with E-state index in [1.165, 1.54) is 30.5 Å². The highest BCUT2D eigenvalue weighted by Crippen LogP contribution is 2.45. The minimum Gasteiger partial charge on any atom is -0.497 e. The second kappa shape index (κ2) is 7.29. The van der Waals surface area contributed by atoms with E-state index in [1.807, 2.05) is 0 Å². The molecule has 2 saturated heterocycles. The van der Waals surface area contributed by atoms with Gasteiger partial charge in [0.2, 0.25) is 0 Å². The quantitative estimate of drug-likeness (QED) is 0.833. The molecule has 2 aliphatic rings. The van der Waals surface area contributed by atoms with Gasteiger partial charge in [0.25, 0.3) is 0 Å². The monoisotopic (exact) mass is 352 g/mol. The number of methoxy groups -OCH3 is 2. The van der Waals surface area contributed by atoms with Gasteiger partial charge >= 0.3 is 0 Å². The molecule has 138 valence electrons. The lowest BCUT2D eigenvalue weighted by Gasteiger charge is -2.49. The van der Waals surface area contributed by atoms with Crippen molar-refractivity contribution >= 4 is 0 Å². The molecule has 3 atom stereocenters. The summed E-state index contributed by atoms with van der Waals surface area (Å²) in [6.07, 6.45) is 2.59. The molecule has 2 heterocycles. The first kappa shape index (κ1) is 17.4. The molecule has 2 aromatic carbocycles. The van der Waals surface area contributed by atoms with E-state index in [-0.39, 0.29) is 0 Å². The first-order valence-electron chi connectivity index (χ1n) is 9.45. The van der Waals surface area contributed by atoms with Crippen LogP contribution in [0.1, 0.15) is 36.1 Å². The topological polar surface area (TPSA) is 24.9 Å². The van der Waals surface area contributed by atoms with Gasteiger partial charge in [0, 0.05) is 12.6 Å². The molecule has 0 N–H and O–H groups in total. The van der Waals surface area contributed by atoms with Crippen LogP contribution in [-0.4, -0.2) is 50.2 Å². The van der Waals surface area contributed by atoms with Crippen LogP contribution in [0.25, 0.3) is 0 Å². The number of ether oxygens (including phenoxy) is 2. The standard InChI is InChI=1S/C22H28N2O2/c1-23-15-18-5-4-14-24(18)22(17-8-12-20(26-3)13-9-17)21(23)16-6-10-19(25-2)11-7-16/h6-13,18,21-22H,4-5,14-15H2,1-3H3/t18-,21+,22+/m0/s1. The predicted octanol–water partition coefficient (Wildman–Crippen LogP) is 3.90. The molecule has 0 spiro atoms. The summed E-state index contributed by atoms with van der Waals surface area (Å²) in [5.41, 5.74) is 2.71. The van der Waals surface area contributed by atoms with Crippen LogP contribution in [0.15, 0.2) is 48.5 Å². The Morgan fingerprint density at radius 2 is 1.35 bits per heavy atom. The Bertz CT molecular complexity index is 729. The van der Waals surface area contributed by atoms with E-state index < -0.39 is 0 Å². The molecule has 0 saturated carbocycles. The van der Waals surface area contributed by atoms with E-state index in [0.29, 0.717) is 18.1 Å². The van der Waals surface area contributed by atoms with Gasteiger partial charge in [-0.2, -0.15) is 0 Å². The molecule has 2 aliphatic heterocycles. The van der Waals surface area contributed by atoms with Gasteiger partial charge in [-0.25, -0.2) is 0 Å². The molecule has 0 amide bonds. The molecule has 0 aromatic heterocycles. The summed E-state index contributed by atoms with van der Waals surface area (Å²) in [6, 6.07) is 18.6. The molecule has 0 radical (unpaired) electrons. The molecule has 2 fully saturated rings. The molecule has 26 heavy (non-hydrogen) atoms. The largest absolute Gasteiger partial charge is 0.497 e. The van der Waals surface area contributed by atoms with Gasteiger partial charge in [-0.15, -0.1) is 0 Å². The average Bonchev–Trinajstić information content (AvgIpc) is 3.15. The summed E-state index contributed by atoms with van der Waals surface area (Å²) in [4.78, 5) is 5.25. The number of likely N-dealkylation sites (N-methyl/N-ethyl adjacent to an activating group) is 1. The maximum atomic E-state index is 5.36. The predicted molar refractivity (Wildman–Crippen MR) is 104 cm³/mol. The number of fused-ring (bicyclic) bond motifs is 1. The summed E-state index contributed by atoms with van der Waals surface area (Å²) < 4.78 is 10.7. The molecule has 0 aliphatic carbocycles. The normalized spacial score (nSPS) is 26.5. The van der Waals surface area contributed by atoms with Crippen LogP contribution in [-0.2, 0) is 0 Å². The minimum atomic E-state index is 0.337. The molecule has 4 rings (SSSR count). The van der Waals surface area contributed by atoms with Crippen molar-refractivity contribution in [2.75, 3.05) is 34.4 Å². The molecular weight excluding hydrogens is 324 g/mol. The number of hydrogen-bond acceptors (Lipinski definition) is 4. The Labute approximate surface area is 156 Å². The summed E-state index contributed by atoms with van der Waals surface area (Å²) in [6.45, 7) is 2.31. The van der Waals surface area contributed by atoms with Gasteiger partial charge < -0.3 is 9.47 Å². The van der Waals surface area contributed by atoms with E-state index in [4.69, 9.17) is 9.47 Å². The van der Waals surface area contributed by atoms with Gasteiger partial charge in [-0.3, -0.25) is 9.80 Å². The molecule has 0 unspecified atom stereocenters. The van der Waals surface area contributed by atoms with Crippen LogP contribution in [0, 0.1) is 0 Å². The minimum absolute atomic E-state index is 0.337. The van der Waals surface area contributed by atoms with Crippen molar-refractivity contribution < 1.29 is 9.47 Å². The fraction of sp³-hybridized carbons (Fsp3) is 0.455. The smallest absolute Gasteiger partial charge is 0.118 e. The highest BCUT2D eigenvalue weighted by Gasteiger charge is 2.43. The lowest BCUT2D eigenvalue weighted by molar-refractivity contribution is 0.0109. The summed E-state index contributed by atoms with van der Waals surface area (Å²) in [7, 11) is 5.71. The lowest BCUT2D eigenvalue weighted by Crippen LogP contribution is -2.52. The first-order chi connectivity index (χ1) is 12.7. The van der Waals surface area contributed by atoms with Crippen molar-refractivity contribution in [2.24, 2.45) is 0 Å². The molecule has 2 aromatic rings. The molecule has 4 heteroatoms. The number of nitrogens with zero attached hydrogens (tertiary/aromatic N) is 2. The summed E-state index contributed by atoms with van der Waals surface area (Å²) in [5, 5.41) is 0. The highest BCUT2D eigenvalue weighted by molar-refractivity contribution is 5.35. The summed E-state index contributed by atoms with van der Waals surface area (Å²) in [5.74, 6) is 1.82. The Morgan fingerprint density at radius 3 is 1.88 bits per heavy atom. The zero-order valence-corrected chi connectivity index (χ0v) is 15.9. The molecule has 0 bridgehead atoms. The zero-order valence-electron chi connectivity index (χ0n) is 15.9. The van der Waals surface area contributed by atoms with Crippen LogP contribution < -0.4 is 9.47 Å². The van der Waals surface area contributed by atoms with Gasteiger partial charge in [-0.1, -0.05) is 24.3 Å². The van der Waals surface area contributed by atoms with Crippen molar-refractivity contribution in [2.45, 2.75) is 31.0 Å². The van der Waals surface area contributed by atoms with Crippen molar-refractivity contribution in [1.82, 2.24) is 9.80 Å². The summed E-state index contributed by atoms with van der Waals surface area (Å²) >= 11 is 0. The Morgan fingerprint density at radius 1 is 0.808 bits per heavy atom. The van der Waals surface area contributed by atoms with Crippen molar-refractivity contribution in [3.8, 4) is 11.5 Å². The SMILES string of the molecule is COc1ccc([C@@H]2[C@@H](c3ccc(OC)cc3)N3CCC[C@H]3CN2C)cc1. The van der Waals surface area contributed by atoms with E-state index in [0.717, 1.165) is 18.0 Å². The zero-order chi connectivity index (χ0) is 18.1. The fourth-order valence-corrected chi connectivity index (χ4v) is 4.70. The molecule has 4 nitrogen and oxygen atoms in total. The number of hydrogen-bond donors (Lipinski definition) is 0. The van der Waals surface area contributed by atoms with Crippen molar-refractivity contribution in [3.63, 3.8) is 0 Å². The number of piperazine rings is 1. The van der Waals surface area contributed by atoms with E-state index in [2.05, 4.69) is 65.4 Å². The average molecular weight is 352 g/mol. The highest BCUT2D eigenvalue weighted by atomic mass is 16.5. The van der Waals surface area contributed by atoms with Crippen LogP contribution in [0.4, 0.5) is 0 Å². The first-order valence-corrected chi connectivity index (χ1v) is 9.45. The fourth-order valence-electron chi connectivity index (χ4n) is 4.70. The number of benzene rings is 2. The number of rotatable bonds is 4. The third-order valence-corrected chi connectivity index (χ3v) is 5.97. The van der Waals surface area contributed by atoms with Crippen molar-refractivity contribution in [3.05, 3.63) is 59.7 Å². The van der Waals surface area contributed by atoms with Gasteiger partial charge in [0.05, 0.1) is 26.3 Å². The van der Waals surface area contributed by atoms with Crippen LogP contribution in [0.5, 0.6) is 11.5 Å². The Kier molecular flexibility index (Phi) is 4.88. The van der Waals surface area contributed by atoms with E-state index in [9.17, 15) is 0 Å². The second-order valence-electron chi connectivity index (χ2n) is 7.41. The maximum Gasteiger partial charge on any atom is 0.118 e. The van der Waals surface area contributed by atoms with Gasteiger partial charge in [-0.05, 0) is 61.8 Å². The van der Waals surface area contributed by atoms with Crippen molar-refractivity contribution in [1.29, 1.82) is 0 Å². The Balaban J connectivity index is 1.74. The van der Waals surface area contributed by atoms with Crippen LogP contribution in [0.2, 0.25) is 0 Å². The van der Waals surface area contributed by atoms with Crippen LogP contribution in [0.3, 0.4) is 0 Å². The molecular formula is C22H28N2O2. The van der Waals surface area contributed by atoms with Crippen LogP contribution >= 0.6 is 0 Å². The third-order valence-electron chi connectivity index (χ3n) is 5.97. The van der Waals surface area contributed by atoms with E-state index in [1.54, 1.807) is 14.2 Å². The van der Waals surface area contributed by atoms with E-state index >= 15 is 0 Å². The second-order valence-corrected chi connectivity index (χ2v) is 7.41. The third kappa shape index (κ3) is 3.08. The lowest BCUT2D eigenvalue weighted by atomic mass is 9.87. The van der Waals surface area contributed by atoms with Gasteiger partial charge in [0.1, 0.15) is 11.5 Å². The maximum absolute atomic E-state index is 5.36.